The summed E-state index contributed by atoms with van der Waals surface area (Å²) in [5.74, 6) is -0.0771. The van der Waals surface area contributed by atoms with Crippen LogP contribution in [0.3, 0.4) is 0 Å². The molecular formula is C18H16N4OS3. The second kappa shape index (κ2) is 7.30. The molecule has 0 spiro atoms. The average molecular weight is 401 g/mol. The van der Waals surface area contributed by atoms with E-state index in [2.05, 4.69) is 33.3 Å². The Hall–Kier alpha value is -2.03. The molecule has 1 amide bonds. The zero-order chi connectivity index (χ0) is 18.1. The maximum absolute atomic E-state index is 12.6. The lowest BCUT2D eigenvalue weighted by Crippen LogP contribution is -2.22. The van der Waals surface area contributed by atoms with E-state index >= 15 is 0 Å². The van der Waals surface area contributed by atoms with E-state index in [1.165, 1.54) is 28.0 Å². The van der Waals surface area contributed by atoms with E-state index in [1.54, 1.807) is 17.7 Å². The molecule has 0 fully saturated rings. The van der Waals surface area contributed by atoms with Crippen LogP contribution in [-0.2, 0) is 11.2 Å². The number of fused-ring (bicyclic) bond motifs is 2. The van der Waals surface area contributed by atoms with E-state index in [0.717, 1.165) is 31.9 Å². The Bertz CT molecular complexity index is 1060. The van der Waals surface area contributed by atoms with Crippen molar-refractivity contribution in [1.82, 2.24) is 15.0 Å². The summed E-state index contributed by atoms with van der Waals surface area (Å²) >= 11 is 4.61. The topological polar surface area (TPSA) is 67.8 Å². The van der Waals surface area contributed by atoms with Gasteiger partial charge in [-0.1, -0.05) is 42.2 Å². The van der Waals surface area contributed by atoms with Crippen LogP contribution in [0.1, 0.15) is 18.7 Å². The number of thiophene rings is 1. The number of nitrogens with one attached hydrogen (secondary N) is 1. The highest BCUT2D eigenvalue weighted by Gasteiger charge is 2.19. The predicted octanol–water partition coefficient (Wildman–Crippen LogP) is 4.98. The van der Waals surface area contributed by atoms with Gasteiger partial charge in [-0.25, -0.2) is 15.0 Å². The molecule has 4 aromatic rings. The van der Waals surface area contributed by atoms with Gasteiger partial charge in [0.25, 0.3) is 0 Å². The number of carbonyl (C=O) groups excluding carboxylic acids is 1. The third-order valence-corrected chi connectivity index (χ3v) is 7.13. The molecule has 132 valence electrons. The molecule has 3 aromatic heterocycles. The second-order valence-corrected chi connectivity index (χ2v) is 9.18. The Morgan fingerprint density at radius 3 is 2.92 bits per heavy atom. The van der Waals surface area contributed by atoms with Gasteiger partial charge in [-0.05, 0) is 31.5 Å². The van der Waals surface area contributed by atoms with E-state index in [9.17, 15) is 4.79 Å². The normalized spacial score (nSPS) is 12.5. The molecule has 5 nitrogen and oxygen atoms in total. The molecule has 0 aliphatic rings. The van der Waals surface area contributed by atoms with Crippen molar-refractivity contribution in [3.8, 4) is 0 Å². The van der Waals surface area contributed by atoms with E-state index in [1.807, 2.05) is 31.2 Å². The highest BCUT2D eigenvalue weighted by Crippen LogP contribution is 2.33. The number of thiazole rings is 1. The molecule has 3 heterocycles. The number of nitrogens with zero attached hydrogens (tertiary/aromatic N) is 3. The monoisotopic (exact) mass is 400 g/mol. The maximum Gasteiger partial charge on any atom is 0.239 e. The van der Waals surface area contributed by atoms with Crippen molar-refractivity contribution >= 4 is 65.9 Å². The lowest BCUT2D eigenvalue weighted by atomic mass is 10.3. The van der Waals surface area contributed by atoms with E-state index in [4.69, 9.17) is 0 Å². The zero-order valence-electron chi connectivity index (χ0n) is 14.2. The van der Waals surface area contributed by atoms with E-state index in [0.29, 0.717) is 5.13 Å². The summed E-state index contributed by atoms with van der Waals surface area (Å²) in [5, 5.41) is 5.13. The summed E-state index contributed by atoms with van der Waals surface area (Å²) in [5.41, 5.74) is 0.899. The first-order chi connectivity index (χ1) is 12.6. The first-order valence-corrected chi connectivity index (χ1v) is 10.7. The van der Waals surface area contributed by atoms with Crippen LogP contribution in [0.5, 0.6) is 0 Å². The number of thioether (sulfide) groups is 1. The first kappa shape index (κ1) is 17.4. The minimum atomic E-state index is -0.287. The number of rotatable bonds is 5. The minimum Gasteiger partial charge on any atom is -0.301 e. The van der Waals surface area contributed by atoms with Crippen LogP contribution >= 0.6 is 34.4 Å². The van der Waals surface area contributed by atoms with Crippen molar-refractivity contribution in [3.63, 3.8) is 0 Å². The summed E-state index contributed by atoms with van der Waals surface area (Å²) < 4.78 is 1.06. The number of anilines is 1. The van der Waals surface area contributed by atoms with Crippen LogP contribution in [0.4, 0.5) is 5.13 Å². The molecule has 0 saturated carbocycles. The molecular weight excluding hydrogens is 384 g/mol. The van der Waals surface area contributed by atoms with Crippen LogP contribution in [0.25, 0.3) is 20.4 Å². The number of benzene rings is 1. The number of aryl methyl sites for hydroxylation is 1. The lowest BCUT2D eigenvalue weighted by Gasteiger charge is -2.10. The fourth-order valence-electron chi connectivity index (χ4n) is 2.51. The van der Waals surface area contributed by atoms with Gasteiger partial charge in [-0.3, -0.25) is 4.79 Å². The van der Waals surface area contributed by atoms with Crippen LogP contribution in [0.2, 0.25) is 0 Å². The molecule has 0 bridgehead atoms. The smallest absolute Gasteiger partial charge is 0.239 e. The Labute approximate surface area is 162 Å². The summed E-state index contributed by atoms with van der Waals surface area (Å²) in [6.45, 7) is 4.01. The number of hydrogen-bond donors (Lipinski definition) is 1. The fraction of sp³-hybridized carbons (Fsp3) is 0.222. The number of para-hydroxylation sites is 1. The Kier molecular flexibility index (Phi) is 4.88. The van der Waals surface area contributed by atoms with Crippen molar-refractivity contribution in [2.45, 2.75) is 30.5 Å². The summed E-state index contributed by atoms with van der Waals surface area (Å²) in [4.78, 5) is 28.0. The molecule has 1 atom stereocenters. The van der Waals surface area contributed by atoms with Gasteiger partial charge < -0.3 is 5.32 Å². The molecule has 26 heavy (non-hydrogen) atoms. The van der Waals surface area contributed by atoms with Gasteiger partial charge in [0.2, 0.25) is 5.91 Å². The Morgan fingerprint density at radius 1 is 1.27 bits per heavy atom. The molecule has 0 saturated heterocycles. The van der Waals surface area contributed by atoms with Crippen molar-refractivity contribution in [2.24, 2.45) is 0 Å². The van der Waals surface area contributed by atoms with Crippen molar-refractivity contribution in [2.75, 3.05) is 5.32 Å². The van der Waals surface area contributed by atoms with Gasteiger partial charge in [0.15, 0.2) is 5.13 Å². The molecule has 1 unspecified atom stereocenters. The van der Waals surface area contributed by atoms with Crippen molar-refractivity contribution in [1.29, 1.82) is 0 Å². The first-order valence-electron chi connectivity index (χ1n) is 8.20. The third kappa shape index (κ3) is 3.44. The van der Waals surface area contributed by atoms with Crippen LogP contribution in [-0.4, -0.2) is 26.1 Å². The van der Waals surface area contributed by atoms with E-state index in [-0.39, 0.29) is 11.2 Å². The SMILES string of the molecule is CCc1cc2c(SC(C)C(=O)Nc3nc4ccccc4s3)ncnc2s1. The number of aromatic nitrogens is 3. The average Bonchev–Trinajstić information content (AvgIpc) is 3.24. The Morgan fingerprint density at radius 2 is 2.12 bits per heavy atom. The number of carbonyl (C=O) groups is 1. The molecule has 8 heteroatoms. The molecule has 0 aliphatic carbocycles. The highest BCUT2D eigenvalue weighted by atomic mass is 32.2. The predicted molar refractivity (Wildman–Crippen MR) is 110 cm³/mol. The van der Waals surface area contributed by atoms with Gasteiger partial charge in [0.1, 0.15) is 16.2 Å². The minimum absolute atomic E-state index is 0.0771. The highest BCUT2D eigenvalue weighted by molar-refractivity contribution is 8.00. The largest absolute Gasteiger partial charge is 0.301 e. The van der Waals surface area contributed by atoms with Gasteiger partial charge in [0.05, 0.1) is 15.5 Å². The van der Waals surface area contributed by atoms with Crippen LogP contribution in [0.15, 0.2) is 41.7 Å². The second-order valence-electron chi connectivity index (χ2n) is 5.70. The van der Waals surface area contributed by atoms with Gasteiger partial charge in [-0.2, -0.15) is 0 Å². The lowest BCUT2D eigenvalue weighted by molar-refractivity contribution is -0.115. The molecule has 4 rings (SSSR count). The van der Waals surface area contributed by atoms with E-state index < -0.39 is 0 Å². The standard InChI is InChI=1S/C18H16N4OS3/c1-3-11-8-12-16(19-9-20-17(12)25-11)24-10(2)15(23)22-18-21-13-6-4-5-7-14(13)26-18/h4-10H,3H2,1-2H3,(H,21,22,23). The third-order valence-electron chi connectivity index (χ3n) is 3.87. The Balaban J connectivity index is 1.51. The quantitative estimate of drug-likeness (QED) is 0.378. The van der Waals surface area contributed by atoms with Crippen molar-refractivity contribution in [3.05, 3.63) is 41.5 Å². The van der Waals surface area contributed by atoms with Crippen LogP contribution in [0, 0.1) is 0 Å². The van der Waals surface area contributed by atoms with Gasteiger partial charge in [0, 0.05) is 10.3 Å². The summed E-state index contributed by atoms with van der Waals surface area (Å²) in [6.07, 6.45) is 2.54. The fourth-order valence-corrected chi connectivity index (χ4v) is 5.27. The molecule has 0 aliphatic heterocycles. The maximum atomic E-state index is 12.6. The zero-order valence-corrected chi connectivity index (χ0v) is 16.7. The number of amides is 1. The summed E-state index contributed by atoms with van der Waals surface area (Å²) in [7, 11) is 0. The van der Waals surface area contributed by atoms with Gasteiger partial charge >= 0.3 is 0 Å². The summed E-state index contributed by atoms with van der Waals surface area (Å²) in [6, 6.07) is 9.98. The van der Waals surface area contributed by atoms with Gasteiger partial charge in [-0.15, -0.1) is 11.3 Å². The molecule has 1 aromatic carbocycles. The molecule has 1 N–H and O–H groups in total. The van der Waals surface area contributed by atoms with Crippen molar-refractivity contribution < 1.29 is 4.79 Å². The molecule has 0 radical (unpaired) electrons. The number of hydrogen-bond acceptors (Lipinski definition) is 7. The van der Waals surface area contributed by atoms with Crippen LogP contribution < -0.4 is 5.32 Å².